The lowest BCUT2D eigenvalue weighted by molar-refractivity contribution is 0.397. The van der Waals surface area contributed by atoms with E-state index in [9.17, 15) is 0 Å². The van der Waals surface area contributed by atoms with Crippen LogP contribution in [0, 0.1) is 27.7 Å². The highest BCUT2D eigenvalue weighted by Gasteiger charge is 2.10. The molecule has 3 aromatic heterocycles. The van der Waals surface area contributed by atoms with Crippen LogP contribution in [0.15, 0.2) is 66.9 Å². The van der Waals surface area contributed by atoms with E-state index < -0.39 is 0 Å². The molecule has 0 amide bonds. The molecule has 0 bridgehead atoms. The van der Waals surface area contributed by atoms with Gasteiger partial charge in [0.05, 0.1) is 18.5 Å². The Kier molecular flexibility index (Phi) is 9.31. The third kappa shape index (κ3) is 7.46. The molecule has 3 heterocycles. The van der Waals surface area contributed by atoms with Crippen molar-refractivity contribution in [2.75, 3.05) is 23.9 Å². The number of rotatable bonds is 6. The molecule has 10 heteroatoms. The van der Waals surface area contributed by atoms with Crippen LogP contribution in [0.3, 0.4) is 0 Å². The standard InChI is InChI=1S/C19H21N5O.C12H12ClN3/c1-12-5-4-6-15(13(12)2)16-10-17(24-19(20)23-16)22-11-14-7-8-21-18(9-14)25-3;1-7-4-3-5-9(8(7)2)10-6-11(13)16-12(14)15-10/h4-10H,11H2,1-3H3,(H3,20,22,23,24);3-6H,1-2H3,(H2,14,15,16). The Balaban J connectivity index is 0.000000208. The average Bonchev–Trinajstić information content (AvgIpc) is 2.94. The van der Waals surface area contributed by atoms with Crippen molar-refractivity contribution in [2.45, 2.75) is 34.2 Å². The van der Waals surface area contributed by atoms with Crippen LogP contribution in [0.5, 0.6) is 5.88 Å². The van der Waals surface area contributed by atoms with E-state index in [0.717, 1.165) is 28.1 Å². The molecule has 5 rings (SSSR count). The number of pyridine rings is 1. The lowest BCUT2D eigenvalue weighted by atomic mass is 10.0. The molecule has 0 atom stereocenters. The van der Waals surface area contributed by atoms with Crippen molar-refractivity contribution in [2.24, 2.45) is 0 Å². The van der Waals surface area contributed by atoms with Gasteiger partial charge in [0.25, 0.3) is 0 Å². The normalized spacial score (nSPS) is 10.5. The Labute approximate surface area is 245 Å². The van der Waals surface area contributed by atoms with Gasteiger partial charge in [-0.15, -0.1) is 0 Å². The number of ether oxygens (including phenoxy) is 1. The lowest BCUT2D eigenvalue weighted by Gasteiger charge is -2.11. The second kappa shape index (κ2) is 13.1. The van der Waals surface area contributed by atoms with Crippen molar-refractivity contribution < 1.29 is 4.74 Å². The van der Waals surface area contributed by atoms with Crippen LogP contribution in [0.4, 0.5) is 17.7 Å². The summed E-state index contributed by atoms with van der Waals surface area (Å²) in [4.78, 5) is 20.8. The number of benzene rings is 2. The zero-order valence-electron chi connectivity index (χ0n) is 23.7. The van der Waals surface area contributed by atoms with Gasteiger partial charge in [-0.2, -0.15) is 4.98 Å². The second-order valence-electron chi connectivity index (χ2n) is 9.49. The van der Waals surface area contributed by atoms with Crippen molar-refractivity contribution in [3.63, 3.8) is 0 Å². The average molecular weight is 569 g/mol. The summed E-state index contributed by atoms with van der Waals surface area (Å²) in [7, 11) is 1.60. The summed E-state index contributed by atoms with van der Waals surface area (Å²) in [5.74, 6) is 1.70. The van der Waals surface area contributed by atoms with E-state index in [2.05, 4.69) is 70.1 Å². The van der Waals surface area contributed by atoms with Gasteiger partial charge < -0.3 is 21.5 Å². The van der Waals surface area contributed by atoms with E-state index in [4.69, 9.17) is 27.8 Å². The van der Waals surface area contributed by atoms with E-state index in [0.29, 0.717) is 23.4 Å². The van der Waals surface area contributed by atoms with Crippen molar-refractivity contribution in [3.8, 4) is 28.4 Å². The van der Waals surface area contributed by atoms with Crippen molar-refractivity contribution in [1.82, 2.24) is 24.9 Å². The molecular formula is C31H33ClN8O. The maximum Gasteiger partial charge on any atom is 0.222 e. The molecule has 2 aromatic carbocycles. The highest BCUT2D eigenvalue weighted by molar-refractivity contribution is 6.29. The quantitative estimate of drug-likeness (QED) is 0.200. The minimum Gasteiger partial charge on any atom is -0.481 e. The Morgan fingerprint density at radius 1 is 0.756 bits per heavy atom. The molecule has 0 saturated heterocycles. The number of anilines is 3. The molecule has 0 aliphatic rings. The highest BCUT2D eigenvalue weighted by Crippen LogP contribution is 2.27. The van der Waals surface area contributed by atoms with Gasteiger partial charge in [0.2, 0.25) is 17.8 Å². The summed E-state index contributed by atoms with van der Waals surface area (Å²) < 4.78 is 5.14. The molecule has 0 spiro atoms. The fourth-order valence-electron chi connectivity index (χ4n) is 4.19. The number of aryl methyl sites for hydroxylation is 2. The zero-order chi connectivity index (χ0) is 29.5. The SMILES string of the molecule is COc1cc(CNc2cc(-c3cccc(C)c3C)nc(N)n2)ccn1.Cc1cccc(-c2cc(Cl)nc(N)n2)c1C. The van der Waals surface area contributed by atoms with Crippen LogP contribution >= 0.6 is 11.6 Å². The summed E-state index contributed by atoms with van der Waals surface area (Å²) in [5, 5.41) is 3.65. The Hall–Kier alpha value is -4.76. The van der Waals surface area contributed by atoms with Crippen LogP contribution in [0.1, 0.15) is 27.8 Å². The Morgan fingerprint density at radius 2 is 1.34 bits per heavy atom. The predicted octanol–water partition coefficient (Wildman–Crippen LogP) is 6.35. The first kappa shape index (κ1) is 29.2. The van der Waals surface area contributed by atoms with Crippen LogP contribution in [0.2, 0.25) is 5.15 Å². The molecule has 0 radical (unpaired) electrons. The number of hydrogen-bond acceptors (Lipinski definition) is 9. The molecule has 5 aromatic rings. The molecule has 41 heavy (non-hydrogen) atoms. The largest absolute Gasteiger partial charge is 0.481 e. The van der Waals surface area contributed by atoms with Gasteiger partial charge in [-0.05, 0) is 61.6 Å². The lowest BCUT2D eigenvalue weighted by Crippen LogP contribution is -2.06. The number of halogens is 1. The monoisotopic (exact) mass is 568 g/mol. The molecule has 210 valence electrons. The summed E-state index contributed by atoms with van der Waals surface area (Å²) in [6, 6.07) is 19.6. The van der Waals surface area contributed by atoms with Gasteiger partial charge in [0, 0.05) is 42.1 Å². The molecular weight excluding hydrogens is 536 g/mol. The van der Waals surface area contributed by atoms with Crippen LogP contribution in [0.25, 0.3) is 22.5 Å². The number of nitrogen functional groups attached to an aromatic ring is 2. The van der Waals surface area contributed by atoms with E-state index >= 15 is 0 Å². The molecule has 0 aliphatic carbocycles. The molecule has 5 N–H and O–H groups in total. The van der Waals surface area contributed by atoms with E-state index in [-0.39, 0.29) is 11.9 Å². The molecule has 0 fully saturated rings. The number of methoxy groups -OCH3 is 1. The number of hydrogen-bond donors (Lipinski definition) is 3. The molecule has 9 nitrogen and oxygen atoms in total. The van der Waals surface area contributed by atoms with Crippen LogP contribution < -0.4 is 21.5 Å². The number of nitrogens with one attached hydrogen (secondary N) is 1. The fourth-order valence-corrected chi connectivity index (χ4v) is 4.38. The Morgan fingerprint density at radius 3 is 1.93 bits per heavy atom. The number of nitrogens with zero attached hydrogens (tertiary/aromatic N) is 5. The van der Waals surface area contributed by atoms with E-state index in [1.165, 1.54) is 22.3 Å². The summed E-state index contributed by atoms with van der Waals surface area (Å²) in [6.45, 7) is 8.86. The summed E-state index contributed by atoms with van der Waals surface area (Å²) >= 11 is 5.86. The van der Waals surface area contributed by atoms with Gasteiger partial charge >= 0.3 is 0 Å². The summed E-state index contributed by atoms with van der Waals surface area (Å²) in [5.41, 5.74) is 21.0. The van der Waals surface area contributed by atoms with Gasteiger partial charge in [0.1, 0.15) is 11.0 Å². The predicted molar refractivity (Wildman–Crippen MR) is 166 cm³/mol. The fraction of sp³-hybridized carbons (Fsp3) is 0.194. The maximum atomic E-state index is 5.91. The van der Waals surface area contributed by atoms with Crippen LogP contribution in [-0.2, 0) is 6.54 Å². The van der Waals surface area contributed by atoms with Gasteiger partial charge in [0.15, 0.2) is 0 Å². The Bertz CT molecular complexity index is 1650. The van der Waals surface area contributed by atoms with Gasteiger partial charge in [-0.25, -0.2) is 19.9 Å². The van der Waals surface area contributed by atoms with Gasteiger partial charge in [-0.1, -0.05) is 48.0 Å². The van der Waals surface area contributed by atoms with Gasteiger partial charge in [-0.3, -0.25) is 0 Å². The maximum absolute atomic E-state index is 5.91. The number of nitrogens with two attached hydrogens (primary N) is 2. The van der Waals surface area contributed by atoms with Crippen molar-refractivity contribution in [1.29, 1.82) is 0 Å². The van der Waals surface area contributed by atoms with E-state index in [1.54, 1.807) is 19.4 Å². The zero-order valence-corrected chi connectivity index (χ0v) is 24.5. The second-order valence-corrected chi connectivity index (χ2v) is 9.87. The minimum atomic E-state index is 0.198. The van der Waals surface area contributed by atoms with Crippen LogP contribution in [-0.4, -0.2) is 32.0 Å². The third-order valence-corrected chi connectivity index (χ3v) is 6.89. The highest BCUT2D eigenvalue weighted by atomic mass is 35.5. The summed E-state index contributed by atoms with van der Waals surface area (Å²) in [6.07, 6.45) is 1.71. The van der Waals surface area contributed by atoms with Crippen molar-refractivity contribution in [3.05, 3.63) is 99.8 Å². The molecule has 0 saturated carbocycles. The minimum absolute atomic E-state index is 0.198. The smallest absolute Gasteiger partial charge is 0.222 e. The molecule has 0 aliphatic heterocycles. The topological polar surface area (TPSA) is 138 Å². The first-order valence-corrected chi connectivity index (χ1v) is 13.3. The number of aromatic nitrogens is 5. The van der Waals surface area contributed by atoms with E-state index in [1.807, 2.05) is 42.5 Å². The first-order valence-electron chi connectivity index (χ1n) is 12.9. The third-order valence-electron chi connectivity index (χ3n) is 6.70. The first-order chi connectivity index (χ1) is 19.6. The molecule has 0 unspecified atom stereocenters. The van der Waals surface area contributed by atoms with Crippen molar-refractivity contribution >= 4 is 29.3 Å².